The number of anilines is 1. The van der Waals surface area contributed by atoms with Crippen molar-refractivity contribution < 1.29 is 9.53 Å². The smallest absolute Gasteiger partial charge is 0.413 e. The predicted molar refractivity (Wildman–Crippen MR) is 114 cm³/mol. The third-order valence-electron chi connectivity index (χ3n) is 4.79. The summed E-state index contributed by atoms with van der Waals surface area (Å²) in [7, 11) is 0. The molecule has 5 nitrogen and oxygen atoms in total. The zero-order valence-corrected chi connectivity index (χ0v) is 17.5. The Hall–Kier alpha value is -2.31. The van der Waals surface area contributed by atoms with Crippen molar-refractivity contribution in [2.45, 2.75) is 19.4 Å². The summed E-state index contributed by atoms with van der Waals surface area (Å²) in [6.07, 6.45) is 4.01. The molecule has 0 spiro atoms. The number of nitrogens with zero attached hydrogens (tertiary/aromatic N) is 2. The molecule has 1 heterocycles. The van der Waals surface area contributed by atoms with Crippen molar-refractivity contribution in [1.82, 2.24) is 5.32 Å². The van der Waals surface area contributed by atoms with Gasteiger partial charge >= 0.3 is 6.09 Å². The second-order valence-electron chi connectivity index (χ2n) is 6.86. The van der Waals surface area contributed by atoms with E-state index in [0.717, 1.165) is 22.1 Å². The van der Waals surface area contributed by atoms with Crippen LogP contribution in [-0.4, -0.2) is 12.3 Å². The van der Waals surface area contributed by atoms with Gasteiger partial charge in [-0.2, -0.15) is 5.10 Å². The molecule has 1 fully saturated rings. The van der Waals surface area contributed by atoms with Crippen LogP contribution in [0.3, 0.4) is 0 Å². The molecule has 1 amide bonds. The second kappa shape index (κ2) is 7.97. The summed E-state index contributed by atoms with van der Waals surface area (Å²) in [5.41, 5.74) is 1.62. The molecule has 0 radical (unpaired) electrons. The van der Waals surface area contributed by atoms with E-state index in [-0.39, 0.29) is 0 Å². The van der Waals surface area contributed by atoms with Crippen molar-refractivity contribution in [3.05, 3.63) is 75.5 Å². The number of alkyl carbamates (subject to hydrolysis) is 1. The van der Waals surface area contributed by atoms with E-state index in [1.54, 1.807) is 18.0 Å². The van der Waals surface area contributed by atoms with Gasteiger partial charge in [0.25, 0.3) is 0 Å². The number of carbonyl (C=O) groups excluding carboxylic acids is 1. The molecule has 2 unspecified atom stereocenters. The Labute approximate surface area is 177 Å². The minimum Gasteiger partial charge on any atom is -0.441 e. The van der Waals surface area contributed by atoms with Crippen LogP contribution in [0.2, 0.25) is 5.02 Å². The fourth-order valence-corrected chi connectivity index (χ4v) is 3.69. The summed E-state index contributed by atoms with van der Waals surface area (Å²) in [5.74, 6) is 1.41. The molecular formula is C21H19BrClN3O2. The first-order valence-corrected chi connectivity index (χ1v) is 10.2. The Balaban J connectivity index is 1.51. The Morgan fingerprint density at radius 2 is 2.00 bits per heavy atom. The zero-order valence-electron chi connectivity index (χ0n) is 15.2. The van der Waals surface area contributed by atoms with Crippen LogP contribution >= 0.6 is 27.5 Å². The van der Waals surface area contributed by atoms with E-state index in [9.17, 15) is 4.79 Å². The molecule has 3 atom stereocenters. The first-order valence-electron chi connectivity index (χ1n) is 9.05. The standard InChI is InChI=1S/C21H19BrClN3O2/c1-13(18-4-2-3-5-19(18)23)28-21(27)25-20-11-14-10-15(14)12-24-26(20)17-8-6-16(22)7-9-17/h2-9,11-15H,10H2,1H3,(H,25,27)/t13-,14?,15?/m1/s1. The van der Waals surface area contributed by atoms with Crippen LogP contribution in [0.15, 0.2) is 70.0 Å². The lowest BCUT2D eigenvalue weighted by Crippen LogP contribution is -2.33. The molecule has 0 saturated heterocycles. The fourth-order valence-electron chi connectivity index (χ4n) is 3.13. The Kier molecular flexibility index (Phi) is 5.42. The van der Waals surface area contributed by atoms with Crippen LogP contribution in [0.25, 0.3) is 0 Å². The van der Waals surface area contributed by atoms with Gasteiger partial charge in [-0.3, -0.25) is 5.32 Å². The molecule has 144 valence electrons. The minimum absolute atomic E-state index is 0.389. The Morgan fingerprint density at radius 3 is 2.75 bits per heavy atom. The van der Waals surface area contributed by atoms with Crippen LogP contribution < -0.4 is 10.3 Å². The lowest BCUT2D eigenvalue weighted by molar-refractivity contribution is 0.109. The fraction of sp³-hybridized carbons (Fsp3) is 0.238. The van der Waals surface area contributed by atoms with Gasteiger partial charge in [-0.25, -0.2) is 9.80 Å². The van der Waals surface area contributed by atoms with Crippen molar-refractivity contribution in [2.75, 3.05) is 5.01 Å². The lowest BCUT2D eigenvalue weighted by Gasteiger charge is -2.23. The van der Waals surface area contributed by atoms with E-state index in [1.807, 2.05) is 54.8 Å². The predicted octanol–water partition coefficient (Wildman–Crippen LogP) is 5.87. The van der Waals surface area contributed by atoms with Gasteiger partial charge < -0.3 is 4.74 Å². The van der Waals surface area contributed by atoms with E-state index in [4.69, 9.17) is 16.3 Å². The molecule has 2 aromatic rings. The van der Waals surface area contributed by atoms with Crippen molar-refractivity contribution in [3.63, 3.8) is 0 Å². The number of nitrogens with one attached hydrogen (secondary N) is 1. The number of hydrazone groups is 1. The molecular weight excluding hydrogens is 442 g/mol. The third-order valence-corrected chi connectivity index (χ3v) is 5.67. The summed E-state index contributed by atoms with van der Waals surface area (Å²) in [4.78, 5) is 12.6. The normalized spacial score (nSPS) is 21.2. The number of fused-ring (bicyclic) bond motifs is 1. The summed E-state index contributed by atoms with van der Waals surface area (Å²) in [6, 6.07) is 15.1. The first-order chi connectivity index (χ1) is 13.5. The number of hydrogen-bond acceptors (Lipinski definition) is 4. The number of benzene rings is 2. The summed E-state index contributed by atoms with van der Waals surface area (Å²) in [5, 5.41) is 9.71. The summed E-state index contributed by atoms with van der Waals surface area (Å²) in [6.45, 7) is 1.80. The Morgan fingerprint density at radius 1 is 1.25 bits per heavy atom. The molecule has 0 aromatic heterocycles. The number of amides is 1. The highest BCUT2D eigenvalue weighted by molar-refractivity contribution is 9.10. The number of carbonyl (C=O) groups is 1. The van der Waals surface area contributed by atoms with E-state index in [0.29, 0.717) is 22.7 Å². The van der Waals surface area contributed by atoms with E-state index in [1.165, 1.54) is 0 Å². The van der Waals surface area contributed by atoms with Gasteiger partial charge in [0.1, 0.15) is 11.9 Å². The second-order valence-corrected chi connectivity index (χ2v) is 8.19. The lowest BCUT2D eigenvalue weighted by atomic mass is 10.1. The molecule has 7 heteroatoms. The molecule has 2 aromatic carbocycles. The maximum absolute atomic E-state index is 12.6. The van der Waals surface area contributed by atoms with Crippen molar-refractivity contribution >= 4 is 45.5 Å². The SMILES string of the molecule is C[C@@H](OC(=O)NC1=CC2CC2C=NN1c1ccc(Br)cc1)c1ccccc1Cl. The molecule has 1 N–H and O–H groups in total. The molecule has 2 aliphatic rings. The van der Waals surface area contributed by atoms with Crippen LogP contribution in [0.1, 0.15) is 25.0 Å². The van der Waals surface area contributed by atoms with Crippen LogP contribution in [-0.2, 0) is 4.74 Å². The van der Waals surface area contributed by atoms with E-state index in [2.05, 4.69) is 26.3 Å². The minimum atomic E-state index is -0.546. The molecule has 28 heavy (non-hydrogen) atoms. The highest BCUT2D eigenvalue weighted by Crippen LogP contribution is 2.41. The number of rotatable bonds is 4. The zero-order chi connectivity index (χ0) is 19.7. The summed E-state index contributed by atoms with van der Waals surface area (Å²) >= 11 is 9.64. The number of ether oxygens (including phenoxy) is 1. The third kappa shape index (κ3) is 4.23. The molecule has 1 aliphatic carbocycles. The van der Waals surface area contributed by atoms with Crippen LogP contribution in [0, 0.1) is 11.8 Å². The molecule has 4 rings (SSSR count). The van der Waals surface area contributed by atoms with Gasteiger partial charge in [-0.05, 0) is 55.7 Å². The van der Waals surface area contributed by atoms with Crippen molar-refractivity contribution in [2.24, 2.45) is 16.9 Å². The summed E-state index contributed by atoms with van der Waals surface area (Å²) < 4.78 is 6.53. The first kappa shape index (κ1) is 19.0. The number of allylic oxidation sites excluding steroid dienone is 1. The van der Waals surface area contributed by atoms with Crippen LogP contribution in [0.4, 0.5) is 10.5 Å². The number of hydrogen-bond donors (Lipinski definition) is 1. The highest BCUT2D eigenvalue weighted by Gasteiger charge is 2.37. The highest BCUT2D eigenvalue weighted by atomic mass is 79.9. The van der Waals surface area contributed by atoms with E-state index >= 15 is 0 Å². The largest absolute Gasteiger partial charge is 0.441 e. The Bertz CT molecular complexity index is 945. The maximum atomic E-state index is 12.6. The van der Waals surface area contributed by atoms with Gasteiger partial charge in [0.05, 0.1) is 5.69 Å². The van der Waals surface area contributed by atoms with Crippen LogP contribution in [0.5, 0.6) is 0 Å². The maximum Gasteiger partial charge on any atom is 0.413 e. The van der Waals surface area contributed by atoms with Gasteiger partial charge in [0.15, 0.2) is 0 Å². The molecule has 1 saturated carbocycles. The van der Waals surface area contributed by atoms with E-state index < -0.39 is 12.2 Å². The quantitative estimate of drug-likeness (QED) is 0.620. The van der Waals surface area contributed by atoms with Gasteiger partial charge in [0, 0.05) is 27.2 Å². The van der Waals surface area contributed by atoms with Crippen molar-refractivity contribution in [3.8, 4) is 0 Å². The van der Waals surface area contributed by atoms with Gasteiger partial charge in [0.2, 0.25) is 0 Å². The molecule has 0 bridgehead atoms. The molecule has 1 aliphatic heterocycles. The number of halogens is 2. The van der Waals surface area contributed by atoms with Gasteiger partial charge in [-0.15, -0.1) is 0 Å². The average Bonchev–Trinajstić information content (AvgIpc) is 3.42. The monoisotopic (exact) mass is 459 g/mol. The van der Waals surface area contributed by atoms with Crippen molar-refractivity contribution in [1.29, 1.82) is 0 Å². The van der Waals surface area contributed by atoms with Gasteiger partial charge in [-0.1, -0.05) is 45.7 Å². The topological polar surface area (TPSA) is 53.9 Å². The average molecular weight is 461 g/mol.